The molecular weight excluding hydrogens is 273 g/mol. The van der Waals surface area contributed by atoms with Crippen molar-refractivity contribution in [2.45, 2.75) is 39.2 Å². The van der Waals surface area contributed by atoms with Crippen molar-refractivity contribution in [3.63, 3.8) is 0 Å². The minimum atomic E-state index is -0.893. The zero-order chi connectivity index (χ0) is 15.9. The monoisotopic (exact) mass is 297 g/mol. The summed E-state index contributed by atoms with van der Waals surface area (Å²) >= 11 is 0. The number of carbonyl (C=O) groups excluding carboxylic acids is 1. The lowest BCUT2D eigenvalue weighted by molar-refractivity contribution is -0.134. The number of rotatable bonds is 8. The van der Waals surface area contributed by atoms with Gasteiger partial charge in [-0.1, -0.05) is 0 Å². The van der Waals surface area contributed by atoms with Gasteiger partial charge in [-0.3, -0.25) is 4.79 Å². The van der Waals surface area contributed by atoms with Gasteiger partial charge in [0.05, 0.1) is 12.2 Å². The van der Waals surface area contributed by atoms with E-state index in [9.17, 15) is 14.3 Å². The van der Waals surface area contributed by atoms with Crippen molar-refractivity contribution in [2.24, 2.45) is 0 Å². The maximum absolute atomic E-state index is 12.7. The first kappa shape index (κ1) is 17.4. The van der Waals surface area contributed by atoms with E-state index in [1.54, 1.807) is 30.9 Å². The Bertz CT molecular complexity index is 440. The highest BCUT2D eigenvalue weighted by atomic mass is 19.1. The SMILES string of the molecule is CCN(CC(C)(C)O)C(=O)CCCOc1ccc(F)cc1. The summed E-state index contributed by atoms with van der Waals surface area (Å²) in [5, 5.41) is 9.76. The maximum atomic E-state index is 12.7. The second-order valence-electron chi connectivity index (χ2n) is 5.63. The van der Waals surface area contributed by atoms with E-state index in [0.29, 0.717) is 38.3 Å². The molecule has 0 saturated heterocycles. The summed E-state index contributed by atoms with van der Waals surface area (Å²) in [5.41, 5.74) is -0.893. The molecule has 0 heterocycles. The predicted molar refractivity (Wildman–Crippen MR) is 79.7 cm³/mol. The van der Waals surface area contributed by atoms with Crippen molar-refractivity contribution >= 4 is 5.91 Å². The molecule has 118 valence electrons. The molecule has 0 atom stereocenters. The normalized spacial score (nSPS) is 11.3. The quantitative estimate of drug-likeness (QED) is 0.750. The number of hydrogen-bond acceptors (Lipinski definition) is 3. The van der Waals surface area contributed by atoms with Crippen LogP contribution in [-0.2, 0) is 4.79 Å². The highest BCUT2D eigenvalue weighted by Crippen LogP contribution is 2.12. The lowest BCUT2D eigenvalue weighted by Crippen LogP contribution is -2.42. The summed E-state index contributed by atoms with van der Waals surface area (Å²) in [4.78, 5) is 13.7. The maximum Gasteiger partial charge on any atom is 0.222 e. The molecule has 0 aliphatic carbocycles. The van der Waals surface area contributed by atoms with Gasteiger partial charge < -0.3 is 14.7 Å². The van der Waals surface area contributed by atoms with Gasteiger partial charge in [-0.2, -0.15) is 0 Å². The summed E-state index contributed by atoms with van der Waals surface area (Å²) in [6.45, 7) is 6.54. The van der Waals surface area contributed by atoms with E-state index < -0.39 is 5.60 Å². The molecule has 0 aliphatic rings. The Morgan fingerprint density at radius 2 is 1.95 bits per heavy atom. The van der Waals surface area contributed by atoms with Crippen LogP contribution in [0.5, 0.6) is 5.75 Å². The van der Waals surface area contributed by atoms with Crippen molar-refractivity contribution < 1.29 is 19.0 Å². The minimum absolute atomic E-state index is 0.00216. The Morgan fingerprint density at radius 3 is 2.48 bits per heavy atom. The summed E-state index contributed by atoms with van der Waals surface area (Å²) in [6, 6.07) is 5.79. The molecule has 0 radical (unpaired) electrons. The molecule has 1 aromatic carbocycles. The van der Waals surface area contributed by atoms with Crippen LogP contribution in [0.25, 0.3) is 0 Å². The van der Waals surface area contributed by atoms with Gasteiger partial charge >= 0.3 is 0 Å². The molecule has 1 amide bonds. The summed E-state index contributed by atoms with van der Waals surface area (Å²) in [6.07, 6.45) is 0.948. The molecule has 0 spiro atoms. The van der Waals surface area contributed by atoms with Gasteiger partial charge in [0.2, 0.25) is 5.91 Å². The van der Waals surface area contributed by atoms with Crippen LogP contribution >= 0.6 is 0 Å². The number of likely N-dealkylation sites (N-methyl/N-ethyl adjacent to an activating group) is 1. The molecule has 0 fully saturated rings. The molecular formula is C16H24FNO3. The Balaban J connectivity index is 2.30. The van der Waals surface area contributed by atoms with Crippen molar-refractivity contribution in [1.29, 1.82) is 0 Å². The molecule has 1 aromatic rings. The number of ether oxygens (including phenoxy) is 1. The van der Waals surface area contributed by atoms with Crippen LogP contribution in [0.4, 0.5) is 4.39 Å². The van der Waals surface area contributed by atoms with Crippen LogP contribution < -0.4 is 4.74 Å². The average Bonchev–Trinajstić information content (AvgIpc) is 2.41. The Morgan fingerprint density at radius 1 is 1.33 bits per heavy atom. The molecule has 21 heavy (non-hydrogen) atoms. The Kier molecular flexibility index (Phi) is 6.62. The van der Waals surface area contributed by atoms with Crippen molar-refractivity contribution in [2.75, 3.05) is 19.7 Å². The van der Waals surface area contributed by atoms with Gasteiger partial charge in [-0.05, 0) is 51.5 Å². The number of halogens is 1. The number of nitrogens with zero attached hydrogens (tertiary/aromatic N) is 1. The number of hydrogen-bond donors (Lipinski definition) is 1. The first-order chi connectivity index (χ1) is 9.81. The lowest BCUT2D eigenvalue weighted by atomic mass is 10.1. The lowest BCUT2D eigenvalue weighted by Gasteiger charge is -2.28. The average molecular weight is 297 g/mol. The summed E-state index contributed by atoms with van der Waals surface area (Å²) in [5.74, 6) is 0.290. The van der Waals surface area contributed by atoms with Gasteiger partial charge in [0.1, 0.15) is 11.6 Å². The molecule has 0 bridgehead atoms. The largest absolute Gasteiger partial charge is 0.494 e. The third-order valence-electron chi connectivity index (χ3n) is 2.93. The fraction of sp³-hybridized carbons (Fsp3) is 0.562. The molecule has 0 aromatic heterocycles. The first-order valence-corrected chi connectivity index (χ1v) is 7.20. The molecule has 0 saturated carbocycles. The highest BCUT2D eigenvalue weighted by Gasteiger charge is 2.20. The smallest absolute Gasteiger partial charge is 0.222 e. The molecule has 0 unspecified atom stereocenters. The van der Waals surface area contributed by atoms with E-state index in [1.807, 2.05) is 6.92 Å². The fourth-order valence-electron chi connectivity index (χ4n) is 1.95. The second kappa shape index (κ2) is 7.98. The molecule has 1 N–H and O–H groups in total. The van der Waals surface area contributed by atoms with E-state index in [1.165, 1.54) is 12.1 Å². The number of carbonyl (C=O) groups is 1. The van der Waals surface area contributed by atoms with Gasteiger partial charge in [-0.25, -0.2) is 4.39 Å². The van der Waals surface area contributed by atoms with E-state index in [-0.39, 0.29) is 11.7 Å². The van der Waals surface area contributed by atoms with E-state index in [2.05, 4.69) is 0 Å². The van der Waals surface area contributed by atoms with Crippen molar-refractivity contribution in [3.8, 4) is 5.75 Å². The number of benzene rings is 1. The highest BCUT2D eigenvalue weighted by molar-refractivity contribution is 5.76. The summed E-state index contributed by atoms with van der Waals surface area (Å²) < 4.78 is 18.2. The zero-order valence-electron chi connectivity index (χ0n) is 12.9. The van der Waals surface area contributed by atoms with Gasteiger partial charge in [-0.15, -0.1) is 0 Å². The van der Waals surface area contributed by atoms with Gasteiger partial charge in [0.25, 0.3) is 0 Å². The van der Waals surface area contributed by atoms with Crippen LogP contribution in [-0.4, -0.2) is 41.2 Å². The second-order valence-corrected chi connectivity index (χ2v) is 5.63. The zero-order valence-corrected chi connectivity index (χ0v) is 12.9. The minimum Gasteiger partial charge on any atom is -0.494 e. The van der Waals surface area contributed by atoms with E-state index >= 15 is 0 Å². The number of amides is 1. The molecule has 1 rings (SSSR count). The van der Waals surface area contributed by atoms with Gasteiger partial charge in [0, 0.05) is 19.5 Å². The molecule has 4 nitrogen and oxygen atoms in total. The van der Waals surface area contributed by atoms with Crippen LogP contribution in [0.3, 0.4) is 0 Å². The number of aliphatic hydroxyl groups is 1. The standard InChI is InChI=1S/C16H24FNO3/c1-4-18(12-16(2,3)20)15(19)6-5-11-21-14-9-7-13(17)8-10-14/h7-10,20H,4-6,11-12H2,1-3H3. The molecule has 0 aliphatic heterocycles. The van der Waals surface area contributed by atoms with Gasteiger partial charge in [0.15, 0.2) is 0 Å². The predicted octanol–water partition coefficient (Wildman–Crippen LogP) is 2.60. The van der Waals surface area contributed by atoms with E-state index in [0.717, 1.165) is 0 Å². The van der Waals surface area contributed by atoms with Crippen LogP contribution in [0.1, 0.15) is 33.6 Å². The summed E-state index contributed by atoms with van der Waals surface area (Å²) in [7, 11) is 0. The van der Waals surface area contributed by atoms with Crippen molar-refractivity contribution in [1.82, 2.24) is 4.90 Å². The van der Waals surface area contributed by atoms with Crippen LogP contribution in [0.2, 0.25) is 0 Å². The Hall–Kier alpha value is -1.62. The van der Waals surface area contributed by atoms with E-state index in [4.69, 9.17) is 4.74 Å². The van der Waals surface area contributed by atoms with Crippen LogP contribution in [0.15, 0.2) is 24.3 Å². The topological polar surface area (TPSA) is 49.8 Å². The third kappa shape index (κ3) is 7.09. The molecule has 5 heteroatoms. The third-order valence-corrected chi connectivity index (χ3v) is 2.93. The van der Waals surface area contributed by atoms with Crippen molar-refractivity contribution in [3.05, 3.63) is 30.1 Å². The first-order valence-electron chi connectivity index (χ1n) is 7.20. The fourth-order valence-corrected chi connectivity index (χ4v) is 1.95. The Labute approximate surface area is 125 Å². The van der Waals surface area contributed by atoms with Crippen LogP contribution in [0, 0.1) is 5.82 Å².